The molecule has 7 aromatic carbocycles. The molecule has 46 heavy (non-hydrogen) atoms. The zero-order valence-corrected chi connectivity index (χ0v) is 25.0. The van der Waals surface area contributed by atoms with Crippen LogP contribution in [0.25, 0.3) is 83.4 Å². The van der Waals surface area contributed by atoms with Crippen molar-refractivity contribution < 1.29 is 4.42 Å². The van der Waals surface area contributed by atoms with Crippen molar-refractivity contribution in [2.24, 2.45) is 0 Å². The van der Waals surface area contributed by atoms with Gasteiger partial charge in [-0.25, -0.2) is 4.98 Å². The molecule has 0 spiro atoms. The van der Waals surface area contributed by atoms with Gasteiger partial charge >= 0.3 is 0 Å². The largest absolute Gasteiger partial charge is 0.436 e. The van der Waals surface area contributed by atoms with Crippen LogP contribution in [0.15, 0.2) is 174 Å². The monoisotopic (exact) mass is 588 g/mol. The van der Waals surface area contributed by atoms with E-state index < -0.39 is 0 Å². The van der Waals surface area contributed by atoms with Crippen molar-refractivity contribution in [2.45, 2.75) is 0 Å². The smallest absolute Gasteiger partial charge is 0.227 e. The molecule has 0 atom stereocenters. The maximum Gasteiger partial charge on any atom is 0.227 e. The number of para-hydroxylation sites is 2. The SMILES string of the molecule is c1ccc(-c2ccc3oc(-c4ccc(-c5ccc(-c6ccc(-n7c8ccccc8c8ccccc87)cc6)cc5)cc4)nc3c2)cc1. The Hall–Kier alpha value is -6.19. The molecule has 0 unspecified atom stereocenters. The number of fused-ring (bicyclic) bond motifs is 4. The first-order valence-corrected chi connectivity index (χ1v) is 15.5. The molecule has 0 aliphatic heterocycles. The van der Waals surface area contributed by atoms with Crippen LogP contribution in [-0.2, 0) is 0 Å². The van der Waals surface area contributed by atoms with Crippen LogP contribution in [0.5, 0.6) is 0 Å². The van der Waals surface area contributed by atoms with Crippen LogP contribution in [0.2, 0.25) is 0 Å². The minimum atomic E-state index is 0.631. The molecule has 216 valence electrons. The maximum atomic E-state index is 6.12. The molecule has 0 aliphatic rings. The van der Waals surface area contributed by atoms with Crippen molar-refractivity contribution in [3.8, 4) is 50.5 Å². The predicted octanol–water partition coefficient (Wildman–Crippen LogP) is 11.6. The lowest BCUT2D eigenvalue weighted by Crippen LogP contribution is -1.93. The summed E-state index contributed by atoms with van der Waals surface area (Å²) in [5.74, 6) is 0.631. The van der Waals surface area contributed by atoms with Crippen molar-refractivity contribution in [3.05, 3.63) is 170 Å². The van der Waals surface area contributed by atoms with Gasteiger partial charge in [0, 0.05) is 22.0 Å². The number of oxazole rings is 1. The average Bonchev–Trinajstić information content (AvgIpc) is 3.72. The van der Waals surface area contributed by atoms with Crippen molar-refractivity contribution in [1.29, 1.82) is 0 Å². The molecule has 3 nitrogen and oxygen atoms in total. The molecule has 0 radical (unpaired) electrons. The first kappa shape index (κ1) is 26.2. The summed E-state index contributed by atoms with van der Waals surface area (Å²) in [6.07, 6.45) is 0. The van der Waals surface area contributed by atoms with Crippen LogP contribution >= 0.6 is 0 Å². The summed E-state index contributed by atoms with van der Waals surface area (Å²) in [5.41, 5.74) is 13.2. The van der Waals surface area contributed by atoms with Crippen LogP contribution in [0.1, 0.15) is 0 Å². The molecule has 2 heterocycles. The number of rotatable bonds is 5. The fourth-order valence-corrected chi connectivity index (χ4v) is 6.53. The third-order valence-electron chi connectivity index (χ3n) is 8.88. The Bertz CT molecular complexity index is 2430. The summed E-state index contributed by atoms with van der Waals surface area (Å²) in [6, 6.07) is 59.8. The molecule has 3 heteroatoms. The van der Waals surface area contributed by atoms with Gasteiger partial charge in [-0.3, -0.25) is 0 Å². The highest BCUT2D eigenvalue weighted by Crippen LogP contribution is 2.34. The molecule has 0 bridgehead atoms. The van der Waals surface area contributed by atoms with Crippen molar-refractivity contribution in [2.75, 3.05) is 0 Å². The molecular weight excluding hydrogens is 560 g/mol. The maximum absolute atomic E-state index is 6.12. The van der Waals surface area contributed by atoms with Gasteiger partial charge < -0.3 is 8.98 Å². The van der Waals surface area contributed by atoms with Gasteiger partial charge in [-0.15, -0.1) is 0 Å². The normalized spacial score (nSPS) is 11.5. The molecule has 0 amide bonds. The Kier molecular flexibility index (Phi) is 6.14. The zero-order valence-electron chi connectivity index (χ0n) is 25.0. The van der Waals surface area contributed by atoms with E-state index in [-0.39, 0.29) is 0 Å². The number of benzene rings is 7. The summed E-state index contributed by atoms with van der Waals surface area (Å²) >= 11 is 0. The van der Waals surface area contributed by atoms with E-state index in [2.05, 4.69) is 150 Å². The summed E-state index contributed by atoms with van der Waals surface area (Å²) in [7, 11) is 0. The van der Waals surface area contributed by atoms with Crippen LogP contribution in [-0.4, -0.2) is 9.55 Å². The van der Waals surface area contributed by atoms with Gasteiger partial charge in [0.15, 0.2) is 5.58 Å². The number of hydrogen-bond donors (Lipinski definition) is 0. The number of hydrogen-bond acceptors (Lipinski definition) is 2. The van der Waals surface area contributed by atoms with Gasteiger partial charge in [-0.1, -0.05) is 121 Å². The summed E-state index contributed by atoms with van der Waals surface area (Å²) in [6.45, 7) is 0. The highest BCUT2D eigenvalue weighted by molar-refractivity contribution is 6.09. The predicted molar refractivity (Wildman–Crippen MR) is 190 cm³/mol. The minimum Gasteiger partial charge on any atom is -0.436 e. The Morgan fingerprint density at radius 1 is 0.391 bits per heavy atom. The number of nitrogens with zero attached hydrogens (tertiary/aromatic N) is 2. The lowest BCUT2D eigenvalue weighted by molar-refractivity contribution is 0.620. The van der Waals surface area contributed by atoms with Crippen LogP contribution in [0, 0.1) is 0 Å². The molecule has 0 saturated heterocycles. The first-order valence-electron chi connectivity index (χ1n) is 15.5. The molecule has 0 aliphatic carbocycles. The first-order chi connectivity index (χ1) is 22.8. The zero-order chi connectivity index (χ0) is 30.5. The molecular formula is C43H28N2O. The van der Waals surface area contributed by atoms with E-state index in [1.807, 2.05) is 24.3 Å². The van der Waals surface area contributed by atoms with E-state index in [9.17, 15) is 0 Å². The third-order valence-corrected chi connectivity index (χ3v) is 8.88. The molecule has 9 aromatic rings. The molecule has 9 rings (SSSR count). The highest BCUT2D eigenvalue weighted by Gasteiger charge is 2.13. The van der Waals surface area contributed by atoms with Gasteiger partial charge in [0.25, 0.3) is 0 Å². The summed E-state index contributed by atoms with van der Waals surface area (Å²) in [5, 5.41) is 2.55. The number of aromatic nitrogens is 2. The van der Waals surface area contributed by atoms with Gasteiger partial charge in [-0.05, 0) is 81.9 Å². The van der Waals surface area contributed by atoms with Gasteiger partial charge in [0.2, 0.25) is 5.89 Å². The third kappa shape index (κ3) is 4.49. The second kappa shape index (κ2) is 10.8. The highest BCUT2D eigenvalue weighted by atomic mass is 16.3. The standard InChI is InChI=1S/C43H28N2O/c1-2-8-29(9-3-1)35-24-27-42-39(28-35)44-43(46-42)34-20-18-32(19-21-34)30-14-16-31(17-15-30)33-22-25-36(26-23-33)45-40-12-6-4-10-37(40)38-11-5-7-13-41(38)45/h1-28H. The van der Waals surface area contributed by atoms with E-state index in [0.717, 1.165) is 33.5 Å². The lowest BCUT2D eigenvalue weighted by atomic mass is 9.99. The van der Waals surface area contributed by atoms with Crippen LogP contribution in [0.3, 0.4) is 0 Å². The Labute approximate surface area is 266 Å². The van der Waals surface area contributed by atoms with Gasteiger partial charge in [-0.2, -0.15) is 0 Å². The van der Waals surface area contributed by atoms with Crippen LogP contribution < -0.4 is 0 Å². The molecule has 0 fully saturated rings. The van der Waals surface area contributed by atoms with Gasteiger partial charge in [0.05, 0.1) is 11.0 Å². The van der Waals surface area contributed by atoms with E-state index >= 15 is 0 Å². The van der Waals surface area contributed by atoms with E-state index in [1.54, 1.807) is 0 Å². The average molecular weight is 589 g/mol. The fraction of sp³-hybridized carbons (Fsp3) is 0. The van der Waals surface area contributed by atoms with E-state index in [0.29, 0.717) is 5.89 Å². The topological polar surface area (TPSA) is 31.0 Å². The van der Waals surface area contributed by atoms with E-state index in [4.69, 9.17) is 9.40 Å². The van der Waals surface area contributed by atoms with Gasteiger partial charge in [0.1, 0.15) is 5.52 Å². The molecule has 2 aromatic heterocycles. The quantitative estimate of drug-likeness (QED) is 0.200. The summed E-state index contributed by atoms with van der Waals surface area (Å²) < 4.78 is 8.47. The second-order valence-electron chi connectivity index (χ2n) is 11.6. The van der Waals surface area contributed by atoms with Crippen molar-refractivity contribution >= 4 is 32.9 Å². The molecule has 0 N–H and O–H groups in total. The lowest BCUT2D eigenvalue weighted by Gasteiger charge is -2.10. The Balaban J connectivity index is 0.958. The summed E-state index contributed by atoms with van der Waals surface area (Å²) in [4.78, 5) is 4.80. The second-order valence-corrected chi connectivity index (χ2v) is 11.6. The van der Waals surface area contributed by atoms with E-state index in [1.165, 1.54) is 44.1 Å². The molecule has 0 saturated carbocycles. The van der Waals surface area contributed by atoms with Crippen molar-refractivity contribution in [3.63, 3.8) is 0 Å². The fourth-order valence-electron chi connectivity index (χ4n) is 6.53. The Morgan fingerprint density at radius 3 is 1.43 bits per heavy atom. The van der Waals surface area contributed by atoms with Crippen molar-refractivity contribution in [1.82, 2.24) is 9.55 Å². The Morgan fingerprint density at radius 2 is 0.848 bits per heavy atom. The minimum absolute atomic E-state index is 0.631. The van der Waals surface area contributed by atoms with Crippen LogP contribution in [0.4, 0.5) is 0 Å².